The predicted octanol–water partition coefficient (Wildman–Crippen LogP) is 4.30. The lowest BCUT2D eigenvalue weighted by atomic mass is 10.2. The molecule has 6 heteroatoms. The fourth-order valence-electron chi connectivity index (χ4n) is 1.69. The molecule has 0 aliphatic rings. The lowest BCUT2D eigenvalue weighted by Gasteiger charge is -2.12. The fraction of sp³-hybridized carbons (Fsp3) is 0.133. The molecule has 0 spiro atoms. The summed E-state index contributed by atoms with van der Waals surface area (Å²) in [6, 6.07) is 13.2. The van der Waals surface area contributed by atoms with Gasteiger partial charge in [-0.25, -0.2) is 0 Å². The van der Waals surface area contributed by atoms with Gasteiger partial charge in [-0.2, -0.15) is 0 Å². The topological polar surface area (TPSA) is 44.5 Å². The Morgan fingerprint density at radius 1 is 1.00 bits per heavy atom. The van der Waals surface area contributed by atoms with Crippen molar-refractivity contribution in [3.8, 4) is 11.5 Å². The van der Waals surface area contributed by atoms with Crippen LogP contribution in [0, 0.1) is 0 Å². The Morgan fingerprint density at radius 2 is 1.67 bits per heavy atom. The van der Waals surface area contributed by atoms with Crippen LogP contribution in [0.5, 0.6) is 11.5 Å². The summed E-state index contributed by atoms with van der Waals surface area (Å²) in [5.41, 5.74) is 6.39. The summed E-state index contributed by atoms with van der Waals surface area (Å²) >= 11 is 11.8. The normalized spacial score (nSPS) is 10.2. The maximum atomic E-state index is 5.67. The lowest BCUT2D eigenvalue weighted by Crippen LogP contribution is -2.14. The van der Waals surface area contributed by atoms with E-state index in [4.69, 9.17) is 27.4 Å². The van der Waals surface area contributed by atoms with Gasteiger partial charge < -0.3 is 15.2 Å². The smallest absolute Gasteiger partial charge is 0.133 e. The summed E-state index contributed by atoms with van der Waals surface area (Å²) in [4.78, 5) is 0.321. The van der Waals surface area contributed by atoms with E-state index in [1.54, 1.807) is 0 Å². The van der Waals surface area contributed by atoms with Crippen LogP contribution in [-0.2, 0) is 0 Å². The van der Waals surface area contributed by atoms with Crippen LogP contribution in [0.2, 0.25) is 0 Å². The van der Waals surface area contributed by atoms with Crippen molar-refractivity contribution in [3.05, 3.63) is 57.0 Å². The van der Waals surface area contributed by atoms with Gasteiger partial charge in [0.15, 0.2) is 0 Å². The minimum absolute atomic E-state index is 0.321. The highest BCUT2D eigenvalue weighted by molar-refractivity contribution is 9.11. The Labute approximate surface area is 145 Å². The van der Waals surface area contributed by atoms with Crippen LogP contribution in [-0.4, -0.2) is 18.2 Å². The Balaban J connectivity index is 1.89. The molecule has 0 aromatic heterocycles. The van der Waals surface area contributed by atoms with Crippen LogP contribution in [0.25, 0.3) is 0 Å². The number of halogens is 2. The highest BCUT2D eigenvalue weighted by Gasteiger charge is 2.06. The first kappa shape index (κ1) is 16.3. The summed E-state index contributed by atoms with van der Waals surface area (Å²) < 4.78 is 13.2. The summed E-state index contributed by atoms with van der Waals surface area (Å²) in [6.45, 7) is 0.827. The van der Waals surface area contributed by atoms with Gasteiger partial charge in [0.2, 0.25) is 0 Å². The van der Waals surface area contributed by atoms with Crippen LogP contribution in [0.3, 0.4) is 0 Å². The third kappa shape index (κ3) is 4.69. The Kier molecular flexibility index (Phi) is 6.02. The minimum Gasteiger partial charge on any atom is -0.489 e. The molecular weight excluding hydrogens is 418 g/mol. The molecule has 2 aromatic carbocycles. The number of hydrogen-bond donors (Lipinski definition) is 1. The molecule has 0 saturated heterocycles. The molecule has 0 bridgehead atoms. The third-order valence-corrected chi connectivity index (χ3v) is 3.98. The van der Waals surface area contributed by atoms with Crippen LogP contribution < -0.4 is 15.2 Å². The maximum absolute atomic E-state index is 5.67. The van der Waals surface area contributed by atoms with Crippen molar-refractivity contribution >= 4 is 49.1 Å². The van der Waals surface area contributed by atoms with Crippen molar-refractivity contribution in [1.82, 2.24) is 0 Å². The van der Waals surface area contributed by atoms with Gasteiger partial charge in [0.25, 0.3) is 0 Å². The van der Waals surface area contributed by atoms with Crippen molar-refractivity contribution in [1.29, 1.82) is 0 Å². The molecule has 0 atom stereocenters. The molecule has 21 heavy (non-hydrogen) atoms. The number of ether oxygens (including phenoxy) is 2. The van der Waals surface area contributed by atoms with Crippen LogP contribution in [0.15, 0.2) is 51.4 Å². The van der Waals surface area contributed by atoms with E-state index in [-0.39, 0.29) is 0 Å². The van der Waals surface area contributed by atoms with Gasteiger partial charge in [-0.3, -0.25) is 0 Å². The molecule has 0 heterocycles. The first-order chi connectivity index (χ1) is 10.1. The van der Waals surface area contributed by atoms with Gasteiger partial charge in [0.1, 0.15) is 29.7 Å². The zero-order valence-corrected chi connectivity index (χ0v) is 15.0. The summed E-state index contributed by atoms with van der Waals surface area (Å²) in [7, 11) is 0. The summed E-state index contributed by atoms with van der Waals surface area (Å²) in [5, 5.41) is 0. The number of thiocarbonyl (C=S) groups is 1. The maximum Gasteiger partial charge on any atom is 0.133 e. The minimum atomic E-state index is 0.321. The highest BCUT2D eigenvalue weighted by atomic mass is 79.9. The number of nitrogens with two attached hydrogens (primary N) is 1. The molecule has 0 fully saturated rings. The average Bonchev–Trinajstić information content (AvgIpc) is 2.45. The highest BCUT2D eigenvalue weighted by Crippen LogP contribution is 2.28. The van der Waals surface area contributed by atoms with Crippen LogP contribution in [0.1, 0.15) is 5.56 Å². The van der Waals surface area contributed by atoms with Crippen molar-refractivity contribution in [3.63, 3.8) is 0 Å². The zero-order chi connectivity index (χ0) is 15.2. The standard InChI is InChI=1S/C15H13Br2NO2S/c16-10-5-6-14(12(17)9-10)20-8-7-19-13-4-2-1-3-11(13)15(18)21/h1-6,9H,7-8H2,(H2,18,21). The van der Waals surface area contributed by atoms with Crippen molar-refractivity contribution < 1.29 is 9.47 Å². The Morgan fingerprint density at radius 3 is 2.33 bits per heavy atom. The van der Waals surface area contributed by atoms with E-state index < -0.39 is 0 Å². The summed E-state index contributed by atoms with van der Waals surface area (Å²) in [6.07, 6.45) is 0. The quantitative estimate of drug-likeness (QED) is 0.548. The molecule has 110 valence electrons. The molecule has 2 rings (SSSR count). The first-order valence-electron chi connectivity index (χ1n) is 6.17. The molecule has 3 nitrogen and oxygen atoms in total. The monoisotopic (exact) mass is 429 g/mol. The molecule has 2 N–H and O–H groups in total. The zero-order valence-electron chi connectivity index (χ0n) is 11.0. The molecule has 0 saturated carbocycles. The lowest BCUT2D eigenvalue weighted by molar-refractivity contribution is 0.216. The van der Waals surface area contributed by atoms with Gasteiger partial charge >= 0.3 is 0 Å². The van der Waals surface area contributed by atoms with Crippen LogP contribution in [0.4, 0.5) is 0 Å². The molecule has 0 amide bonds. The van der Waals surface area contributed by atoms with E-state index >= 15 is 0 Å². The van der Waals surface area contributed by atoms with Crippen molar-refractivity contribution in [2.45, 2.75) is 0 Å². The van der Waals surface area contributed by atoms with Gasteiger partial charge in [0, 0.05) is 4.47 Å². The van der Waals surface area contributed by atoms with Gasteiger partial charge in [-0.15, -0.1) is 0 Å². The van der Waals surface area contributed by atoms with E-state index in [0.29, 0.717) is 24.0 Å². The number of rotatable bonds is 6. The first-order valence-corrected chi connectivity index (χ1v) is 8.17. The second kappa shape index (κ2) is 7.77. The van der Waals surface area contributed by atoms with Crippen molar-refractivity contribution in [2.24, 2.45) is 5.73 Å². The molecular formula is C15H13Br2NO2S. The Hall–Kier alpha value is -1.11. The molecule has 0 aliphatic heterocycles. The molecule has 0 radical (unpaired) electrons. The van der Waals surface area contributed by atoms with Crippen molar-refractivity contribution in [2.75, 3.05) is 13.2 Å². The van der Waals surface area contributed by atoms with Crippen LogP contribution >= 0.6 is 44.1 Å². The summed E-state index contributed by atoms with van der Waals surface area (Å²) in [5.74, 6) is 1.44. The Bertz CT molecular complexity index is 649. The average molecular weight is 431 g/mol. The van der Waals surface area contributed by atoms with E-state index in [1.165, 1.54) is 0 Å². The number of hydrogen-bond acceptors (Lipinski definition) is 3. The largest absolute Gasteiger partial charge is 0.489 e. The molecule has 2 aromatic rings. The predicted molar refractivity (Wildman–Crippen MR) is 95.2 cm³/mol. The van der Waals surface area contributed by atoms with Gasteiger partial charge in [-0.1, -0.05) is 40.3 Å². The fourth-order valence-corrected chi connectivity index (χ4v) is 3.02. The molecule has 0 unspecified atom stereocenters. The van der Waals surface area contributed by atoms with E-state index in [9.17, 15) is 0 Å². The van der Waals surface area contributed by atoms with Gasteiger partial charge in [-0.05, 0) is 46.3 Å². The van der Waals surface area contributed by atoms with Gasteiger partial charge in [0.05, 0.1) is 10.0 Å². The van der Waals surface area contributed by atoms with E-state index in [2.05, 4.69) is 31.9 Å². The second-order valence-corrected chi connectivity index (χ2v) is 6.34. The number of benzene rings is 2. The van der Waals surface area contributed by atoms with E-state index in [1.807, 2.05) is 42.5 Å². The molecule has 0 aliphatic carbocycles. The SMILES string of the molecule is NC(=S)c1ccccc1OCCOc1ccc(Br)cc1Br. The third-order valence-electron chi connectivity index (χ3n) is 2.64. The van der Waals surface area contributed by atoms with E-state index in [0.717, 1.165) is 20.3 Å². The second-order valence-electron chi connectivity index (χ2n) is 4.13. The number of para-hydroxylation sites is 1.